The number of benzene rings is 15. The number of thiophene rings is 2. The molecule has 20 rings (SSSR count). The predicted molar refractivity (Wildman–Crippen MR) is 483 cm³/mol. The molecule has 4 aromatic heterocycles. The van der Waals surface area contributed by atoms with Gasteiger partial charge in [-0.05, 0) is 193 Å². The van der Waals surface area contributed by atoms with Crippen molar-refractivity contribution in [1.29, 1.82) is 0 Å². The lowest BCUT2D eigenvalue weighted by Crippen LogP contribution is -2.41. The smallest absolute Gasteiger partial charge is 0.457 e. The van der Waals surface area contributed by atoms with Gasteiger partial charge in [0.05, 0.1) is 11.2 Å². The molecule has 0 amide bonds. The van der Waals surface area contributed by atoms with Crippen LogP contribution in [0.1, 0.15) is 27.7 Å². The van der Waals surface area contributed by atoms with Gasteiger partial charge in [-0.2, -0.15) is 0 Å². The minimum absolute atomic E-state index is 0.378. The molecule has 0 atom stereocenters. The van der Waals surface area contributed by atoms with E-state index < -0.39 is 7.12 Å². The van der Waals surface area contributed by atoms with Gasteiger partial charge in [0.25, 0.3) is 0 Å². The van der Waals surface area contributed by atoms with Crippen molar-refractivity contribution in [3.63, 3.8) is 0 Å². The SMILES string of the molecule is Brc1ccc2sc3ccc(-c4ccccc4)cc3c2c1.CC1(C)OB(c2ccc(Oc3ccc(-c4nc(-c5ccccc5)nc(-c5ccccc5)n4)cc3)cc2)OC1(C)C.c1ccc(-c2ccc3sc4ccc(-c5ccc(Oc6ccc(-c7ccc(-c8nc(-c9ccccc9)nc(-c9ccccc9)n8)cc7)cc6)cc5)cc4c3c2)cc1. The highest BCUT2D eigenvalue weighted by molar-refractivity contribution is 9.10. The highest BCUT2D eigenvalue weighted by atomic mass is 79.9. The quantitative estimate of drug-likeness (QED) is 0.0919. The number of hydrogen-bond donors (Lipinski definition) is 0. The molecule has 1 fully saturated rings. The number of hydrogen-bond acceptors (Lipinski definition) is 12. The second-order valence-corrected chi connectivity index (χ2v) is 32.4. The summed E-state index contributed by atoms with van der Waals surface area (Å²) in [6.45, 7) is 8.21. The van der Waals surface area contributed by atoms with Crippen LogP contribution in [0.5, 0.6) is 23.0 Å². The Kier molecular flexibility index (Phi) is 21.0. The van der Waals surface area contributed by atoms with E-state index in [1.165, 1.54) is 68.2 Å². The monoisotopic (exact) mass is 1600 g/mol. The second-order valence-electron chi connectivity index (χ2n) is 29.3. The molecule has 0 N–H and O–H groups in total. The van der Waals surface area contributed by atoms with E-state index in [-0.39, 0.29) is 11.2 Å². The molecule has 1 aliphatic rings. The van der Waals surface area contributed by atoms with Gasteiger partial charge in [0.2, 0.25) is 0 Å². The molecule has 0 aliphatic carbocycles. The maximum Gasteiger partial charge on any atom is 0.494 e. The summed E-state index contributed by atoms with van der Waals surface area (Å²) in [6, 6.07) is 128. The molecule has 0 saturated carbocycles. The number of ether oxygens (including phenoxy) is 2. The molecule has 0 radical (unpaired) electrons. The number of aromatic nitrogens is 6. The summed E-state index contributed by atoms with van der Waals surface area (Å²) in [5.74, 6) is 6.82. The Morgan fingerprint density at radius 2 is 0.457 bits per heavy atom. The third-order valence-electron chi connectivity index (χ3n) is 21.0. The van der Waals surface area contributed by atoms with Crippen LogP contribution in [0.4, 0.5) is 0 Å². The first kappa shape index (κ1) is 74.3. The van der Waals surface area contributed by atoms with Crippen LogP contribution in [0, 0.1) is 0 Å². The summed E-state index contributed by atoms with van der Waals surface area (Å²) < 4.78 is 31.1. The van der Waals surface area contributed by atoms with Gasteiger partial charge in [-0.15, -0.1) is 22.7 Å². The first-order valence-corrected chi connectivity index (χ1v) is 40.9. The molecule has 1 aliphatic heterocycles. The van der Waals surface area contributed by atoms with E-state index in [1.807, 2.05) is 217 Å². The molecule has 558 valence electrons. The molecule has 14 heteroatoms. The zero-order valence-corrected chi connectivity index (χ0v) is 67.1. The van der Waals surface area contributed by atoms with Crippen LogP contribution in [-0.4, -0.2) is 48.2 Å². The van der Waals surface area contributed by atoms with Crippen LogP contribution in [0.2, 0.25) is 0 Å². The van der Waals surface area contributed by atoms with Crippen LogP contribution in [-0.2, 0) is 9.31 Å². The molecular weight excluding hydrogens is 1530 g/mol. The predicted octanol–water partition coefficient (Wildman–Crippen LogP) is 27.5. The number of rotatable bonds is 15. The average Bonchev–Trinajstić information content (AvgIpc) is 1.62. The van der Waals surface area contributed by atoms with E-state index in [0.29, 0.717) is 40.7 Å². The molecule has 10 nitrogen and oxygen atoms in total. The molecule has 0 bridgehead atoms. The van der Waals surface area contributed by atoms with Gasteiger partial charge in [-0.25, -0.2) is 29.9 Å². The number of fused-ring (bicyclic) bond motifs is 6. The normalized spacial score (nSPS) is 12.8. The van der Waals surface area contributed by atoms with Gasteiger partial charge in [0.1, 0.15) is 23.0 Å². The molecule has 0 spiro atoms. The fourth-order valence-electron chi connectivity index (χ4n) is 14.1. The maximum absolute atomic E-state index is 6.28. The molecule has 15 aromatic carbocycles. The zero-order valence-electron chi connectivity index (χ0n) is 63.9. The van der Waals surface area contributed by atoms with Crippen molar-refractivity contribution in [3.05, 3.63) is 381 Å². The molecule has 5 heterocycles. The molecule has 19 aromatic rings. The maximum atomic E-state index is 6.28. The standard InChI is InChI=1S/C51H33N3OS.C33H30BN3O3.C18H11BrS/c1-4-10-34(11-5-1)41-24-30-47-45(32-41)46-33-42(25-31-48(46)56-47)37-22-28-44(29-23-37)55-43-26-20-36(21-27-43)35-16-18-40(19-17-35)51-53-49(38-12-6-2-7-13-38)52-50(54-51)39-14-8-3-9-15-39;1-32(2)33(3,4)40-34(39-32)26-17-21-28(22-18-26)38-27-19-15-25(16-20-27)31-36-29(23-11-7-5-8-12-23)35-30(37-31)24-13-9-6-10-14-24;19-14-7-9-18-16(11-14)15-10-13(6-8-17(15)20-18)12-4-2-1-3-5-12/h1-33H;5-22H,1-4H3;1-11H. The highest BCUT2D eigenvalue weighted by Crippen LogP contribution is 2.42. The first-order valence-electron chi connectivity index (χ1n) is 38.4. The van der Waals surface area contributed by atoms with Crippen LogP contribution < -0.4 is 14.9 Å². The topological polar surface area (TPSA) is 114 Å². The summed E-state index contributed by atoms with van der Waals surface area (Å²) in [6.07, 6.45) is 0. The van der Waals surface area contributed by atoms with Crippen molar-refractivity contribution in [3.8, 4) is 136 Å². The van der Waals surface area contributed by atoms with Gasteiger partial charge >= 0.3 is 7.12 Å². The Morgan fingerprint density at radius 1 is 0.241 bits per heavy atom. The summed E-state index contributed by atoms with van der Waals surface area (Å²) in [5.41, 5.74) is 15.3. The van der Waals surface area contributed by atoms with Gasteiger partial charge in [-0.1, -0.05) is 277 Å². The summed E-state index contributed by atoms with van der Waals surface area (Å²) in [7, 11) is -0.403. The summed E-state index contributed by atoms with van der Waals surface area (Å²) in [5, 5.41) is 5.25. The molecular formula is C102H74BBrN6O4S2. The lowest BCUT2D eigenvalue weighted by Gasteiger charge is -2.32. The largest absolute Gasteiger partial charge is 0.494 e. The summed E-state index contributed by atoms with van der Waals surface area (Å²) >= 11 is 7.27. The fourth-order valence-corrected chi connectivity index (χ4v) is 16.6. The van der Waals surface area contributed by atoms with E-state index in [4.69, 9.17) is 48.7 Å². The number of nitrogens with zero attached hydrogens (tertiary/aromatic N) is 6. The van der Waals surface area contributed by atoms with E-state index >= 15 is 0 Å². The van der Waals surface area contributed by atoms with Crippen LogP contribution >= 0.6 is 38.6 Å². The fraction of sp³-hybridized carbons (Fsp3) is 0.0588. The molecule has 1 saturated heterocycles. The van der Waals surface area contributed by atoms with Crippen molar-refractivity contribution in [1.82, 2.24) is 29.9 Å². The minimum Gasteiger partial charge on any atom is -0.457 e. The average molecular weight is 1600 g/mol. The van der Waals surface area contributed by atoms with Crippen molar-refractivity contribution < 1.29 is 18.8 Å². The van der Waals surface area contributed by atoms with Crippen LogP contribution in [0.3, 0.4) is 0 Å². The third-order valence-corrected chi connectivity index (χ3v) is 23.8. The Hall–Kier alpha value is -13.2. The Labute approximate surface area is 690 Å². The summed E-state index contributed by atoms with van der Waals surface area (Å²) in [4.78, 5) is 28.9. The number of halogens is 1. The van der Waals surface area contributed by atoms with Crippen molar-refractivity contribution in [2.24, 2.45) is 0 Å². The van der Waals surface area contributed by atoms with E-state index in [9.17, 15) is 0 Å². The van der Waals surface area contributed by atoms with Gasteiger partial charge in [-0.3, -0.25) is 0 Å². The van der Waals surface area contributed by atoms with Gasteiger partial charge < -0.3 is 18.8 Å². The lowest BCUT2D eigenvalue weighted by molar-refractivity contribution is 0.00578. The third kappa shape index (κ3) is 16.4. The van der Waals surface area contributed by atoms with Crippen LogP contribution in [0.25, 0.3) is 153 Å². The Balaban J connectivity index is 0.000000134. The van der Waals surface area contributed by atoms with Crippen molar-refractivity contribution in [2.75, 3.05) is 0 Å². The Morgan fingerprint density at radius 3 is 0.767 bits per heavy atom. The second kappa shape index (κ2) is 32.7. The zero-order chi connectivity index (χ0) is 78.5. The molecule has 0 unspecified atom stereocenters. The highest BCUT2D eigenvalue weighted by Gasteiger charge is 2.51. The van der Waals surface area contributed by atoms with Crippen molar-refractivity contribution in [2.45, 2.75) is 38.9 Å². The van der Waals surface area contributed by atoms with Gasteiger partial charge in [0.15, 0.2) is 34.9 Å². The molecule has 116 heavy (non-hydrogen) atoms. The Bertz CT molecular complexity index is 6540. The minimum atomic E-state index is -0.403. The van der Waals surface area contributed by atoms with E-state index in [2.05, 4.69) is 226 Å². The van der Waals surface area contributed by atoms with E-state index in [1.54, 1.807) is 0 Å². The lowest BCUT2D eigenvalue weighted by atomic mass is 9.79. The first-order chi connectivity index (χ1) is 56.8. The van der Waals surface area contributed by atoms with Crippen molar-refractivity contribution >= 4 is 91.5 Å². The van der Waals surface area contributed by atoms with E-state index in [0.717, 1.165) is 77.3 Å². The van der Waals surface area contributed by atoms with Crippen LogP contribution in [0.15, 0.2) is 381 Å². The van der Waals surface area contributed by atoms with Gasteiger partial charge in [0, 0.05) is 78.2 Å².